The van der Waals surface area contributed by atoms with E-state index in [1.54, 1.807) is 20.8 Å². The van der Waals surface area contributed by atoms with Crippen LogP contribution in [0.1, 0.15) is 52.9 Å². The smallest absolute Gasteiger partial charge is 0.326 e. The van der Waals surface area contributed by atoms with Gasteiger partial charge in [-0.25, -0.2) is 4.79 Å². The summed E-state index contributed by atoms with van der Waals surface area (Å²) in [5.41, 5.74) is -0.519. The molecule has 0 aromatic heterocycles. The molecule has 1 aliphatic heterocycles. The summed E-state index contributed by atoms with van der Waals surface area (Å²) in [6.07, 6.45) is 4.26. The molecule has 1 heterocycles. The SMILES string of the molecule is CC(C)(C)OC(=O)CCCCC[C@@H](C(=O)O)N1C(=O)C=CC1=O. The molecule has 1 N–H and O–H groups in total. The third-order valence-corrected chi connectivity index (χ3v) is 3.22. The molecule has 0 radical (unpaired) electrons. The van der Waals surface area contributed by atoms with Crippen molar-refractivity contribution < 1.29 is 29.0 Å². The van der Waals surface area contributed by atoms with Gasteiger partial charge in [0.05, 0.1) is 0 Å². The number of hydrogen-bond acceptors (Lipinski definition) is 5. The Hall–Kier alpha value is -2.18. The fourth-order valence-corrected chi connectivity index (χ4v) is 2.26. The molecule has 0 fully saturated rings. The lowest BCUT2D eigenvalue weighted by molar-refractivity contribution is -0.155. The third-order valence-electron chi connectivity index (χ3n) is 3.22. The van der Waals surface area contributed by atoms with Gasteiger partial charge in [0.2, 0.25) is 0 Å². The number of hydrogen-bond donors (Lipinski definition) is 1. The number of rotatable bonds is 8. The maximum Gasteiger partial charge on any atom is 0.326 e. The normalized spacial score (nSPS) is 15.9. The molecule has 0 aromatic carbocycles. The van der Waals surface area contributed by atoms with Crippen LogP contribution in [0.5, 0.6) is 0 Å². The lowest BCUT2D eigenvalue weighted by atomic mass is 10.1. The van der Waals surface area contributed by atoms with Crippen molar-refractivity contribution in [2.24, 2.45) is 0 Å². The topological polar surface area (TPSA) is 101 Å². The second kappa shape index (κ2) is 7.89. The number of unbranched alkanes of at least 4 members (excludes halogenated alkanes) is 2. The number of imide groups is 1. The van der Waals surface area contributed by atoms with Crippen LogP contribution in [0.3, 0.4) is 0 Å². The van der Waals surface area contributed by atoms with Crippen LogP contribution >= 0.6 is 0 Å². The number of nitrogens with zero attached hydrogens (tertiary/aromatic N) is 1. The van der Waals surface area contributed by atoms with Crippen LogP contribution < -0.4 is 0 Å². The highest BCUT2D eigenvalue weighted by atomic mass is 16.6. The van der Waals surface area contributed by atoms with Gasteiger partial charge in [-0.05, 0) is 33.6 Å². The van der Waals surface area contributed by atoms with E-state index in [9.17, 15) is 24.3 Å². The standard InChI is InChI=1S/C16H23NO6/c1-16(2,3)23-14(20)8-6-4-5-7-11(15(21)22)17-12(18)9-10-13(17)19/h9-11H,4-8H2,1-3H3,(H,21,22)/t11-/m0/s1. The molecule has 23 heavy (non-hydrogen) atoms. The van der Waals surface area contributed by atoms with E-state index in [4.69, 9.17) is 4.74 Å². The zero-order chi connectivity index (χ0) is 17.6. The molecular weight excluding hydrogens is 302 g/mol. The summed E-state index contributed by atoms with van der Waals surface area (Å²) < 4.78 is 5.17. The Balaban J connectivity index is 2.35. The van der Waals surface area contributed by atoms with Crippen molar-refractivity contribution >= 4 is 23.8 Å². The molecule has 0 bridgehead atoms. The van der Waals surface area contributed by atoms with Gasteiger partial charge in [0.25, 0.3) is 11.8 Å². The molecule has 1 rings (SSSR count). The van der Waals surface area contributed by atoms with Crippen molar-refractivity contribution in [2.45, 2.75) is 64.5 Å². The average Bonchev–Trinajstić information content (AvgIpc) is 2.71. The molecule has 0 aliphatic carbocycles. The maximum absolute atomic E-state index is 11.5. The van der Waals surface area contributed by atoms with Crippen LogP contribution in [-0.2, 0) is 23.9 Å². The first-order valence-electron chi connectivity index (χ1n) is 7.61. The maximum atomic E-state index is 11.5. The second-order valence-electron chi connectivity index (χ2n) is 6.42. The molecular formula is C16H23NO6. The first-order valence-corrected chi connectivity index (χ1v) is 7.61. The van der Waals surface area contributed by atoms with E-state index in [2.05, 4.69) is 0 Å². The van der Waals surface area contributed by atoms with Crippen molar-refractivity contribution in [1.29, 1.82) is 0 Å². The van der Waals surface area contributed by atoms with Gasteiger partial charge in [-0.15, -0.1) is 0 Å². The van der Waals surface area contributed by atoms with Crippen LogP contribution in [0.25, 0.3) is 0 Å². The number of esters is 1. The predicted molar refractivity (Wildman–Crippen MR) is 81.3 cm³/mol. The summed E-state index contributed by atoms with van der Waals surface area (Å²) in [6.45, 7) is 5.38. The summed E-state index contributed by atoms with van der Waals surface area (Å²) >= 11 is 0. The number of aliphatic carboxylic acids is 1. The quantitative estimate of drug-likeness (QED) is 0.414. The largest absolute Gasteiger partial charge is 0.480 e. The minimum atomic E-state index is -1.21. The molecule has 0 unspecified atom stereocenters. The predicted octanol–water partition coefficient (Wildman–Crippen LogP) is 1.66. The van der Waals surface area contributed by atoms with Gasteiger partial charge in [0, 0.05) is 18.6 Å². The minimum Gasteiger partial charge on any atom is -0.480 e. The second-order valence-corrected chi connectivity index (χ2v) is 6.42. The lowest BCUT2D eigenvalue weighted by Crippen LogP contribution is -2.44. The summed E-state index contributed by atoms with van der Waals surface area (Å²) in [5, 5.41) is 9.19. The van der Waals surface area contributed by atoms with Crippen LogP contribution in [0.2, 0.25) is 0 Å². The van der Waals surface area contributed by atoms with Gasteiger partial charge in [0.1, 0.15) is 11.6 Å². The Kier molecular flexibility index (Phi) is 6.48. The van der Waals surface area contributed by atoms with Gasteiger partial charge in [-0.1, -0.05) is 12.8 Å². The Labute approximate surface area is 135 Å². The van der Waals surface area contributed by atoms with Gasteiger partial charge in [-0.2, -0.15) is 0 Å². The van der Waals surface area contributed by atoms with Gasteiger partial charge < -0.3 is 9.84 Å². The number of amides is 2. The van der Waals surface area contributed by atoms with Gasteiger partial charge in [0.15, 0.2) is 0 Å². The van der Waals surface area contributed by atoms with Crippen molar-refractivity contribution in [3.8, 4) is 0 Å². The van der Waals surface area contributed by atoms with Crippen molar-refractivity contribution in [1.82, 2.24) is 4.90 Å². The molecule has 2 amide bonds. The molecule has 0 aromatic rings. The highest BCUT2D eigenvalue weighted by Gasteiger charge is 2.35. The fourth-order valence-electron chi connectivity index (χ4n) is 2.26. The van der Waals surface area contributed by atoms with E-state index in [0.29, 0.717) is 19.3 Å². The molecule has 0 saturated heterocycles. The number of carboxylic acids is 1. The Morgan fingerprint density at radius 2 is 1.70 bits per heavy atom. The summed E-state index contributed by atoms with van der Waals surface area (Å²) in [7, 11) is 0. The molecule has 7 heteroatoms. The first kappa shape index (κ1) is 18.9. The van der Waals surface area contributed by atoms with E-state index in [-0.39, 0.29) is 18.8 Å². The van der Waals surface area contributed by atoms with E-state index >= 15 is 0 Å². The fraction of sp³-hybridized carbons (Fsp3) is 0.625. The van der Waals surface area contributed by atoms with E-state index in [1.807, 2.05) is 0 Å². The highest BCUT2D eigenvalue weighted by molar-refractivity contribution is 6.14. The summed E-state index contributed by atoms with van der Waals surface area (Å²) in [4.78, 5) is 46.6. The zero-order valence-corrected chi connectivity index (χ0v) is 13.7. The summed E-state index contributed by atoms with van der Waals surface area (Å²) in [6, 6.07) is -1.16. The summed E-state index contributed by atoms with van der Waals surface area (Å²) in [5.74, 6) is -2.70. The molecule has 1 atom stereocenters. The average molecular weight is 325 g/mol. The lowest BCUT2D eigenvalue weighted by Gasteiger charge is -2.22. The number of carbonyl (C=O) groups excluding carboxylic acids is 3. The number of carbonyl (C=O) groups is 4. The van der Waals surface area contributed by atoms with E-state index < -0.39 is 29.4 Å². The monoisotopic (exact) mass is 325 g/mol. The molecule has 1 aliphatic rings. The third kappa shape index (κ3) is 6.22. The van der Waals surface area contributed by atoms with Crippen LogP contribution in [-0.4, -0.2) is 45.4 Å². The Morgan fingerprint density at radius 3 is 2.17 bits per heavy atom. The Bertz CT molecular complexity index is 499. The number of ether oxygens (including phenoxy) is 1. The van der Waals surface area contributed by atoms with Crippen LogP contribution in [0, 0.1) is 0 Å². The van der Waals surface area contributed by atoms with Gasteiger partial charge >= 0.3 is 11.9 Å². The van der Waals surface area contributed by atoms with E-state index in [1.165, 1.54) is 0 Å². The number of carboxylic acid groups (broad SMARTS) is 1. The highest BCUT2D eigenvalue weighted by Crippen LogP contribution is 2.17. The molecule has 7 nitrogen and oxygen atoms in total. The van der Waals surface area contributed by atoms with Crippen LogP contribution in [0.4, 0.5) is 0 Å². The zero-order valence-electron chi connectivity index (χ0n) is 13.7. The molecule has 0 spiro atoms. The van der Waals surface area contributed by atoms with Crippen molar-refractivity contribution in [3.63, 3.8) is 0 Å². The minimum absolute atomic E-state index is 0.169. The Morgan fingerprint density at radius 1 is 1.13 bits per heavy atom. The first-order chi connectivity index (χ1) is 10.6. The van der Waals surface area contributed by atoms with Crippen LogP contribution in [0.15, 0.2) is 12.2 Å². The van der Waals surface area contributed by atoms with E-state index in [0.717, 1.165) is 17.1 Å². The molecule has 128 valence electrons. The molecule has 0 saturated carbocycles. The van der Waals surface area contributed by atoms with Crippen molar-refractivity contribution in [3.05, 3.63) is 12.2 Å². The van der Waals surface area contributed by atoms with Crippen molar-refractivity contribution in [2.75, 3.05) is 0 Å². The van der Waals surface area contributed by atoms with Gasteiger partial charge in [-0.3, -0.25) is 19.3 Å².